The molecule has 0 aromatic heterocycles. The molecule has 0 saturated carbocycles. The van der Waals surface area contributed by atoms with Gasteiger partial charge in [-0.15, -0.1) is 0 Å². The second kappa shape index (κ2) is 5.66. The summed E-state index contributed by atoms with van der Waals surface area (Å²) in [6.07, 6.45) is 1.03. The Morgan fingerprint density at radius 1 is 1.29 bits per heavy atom. The minimum Gasteiger partial charge on any atom is -0.508 e. The van der Waals surface area contributed by atoms with Crippen LogP contribution in [-0.2, 0) is 6.42 Å². The van der Waals surface area contributed by atoms with Gasteiger partial charge < -0.3 is 5.11 Å². The zero-order valence-corrected chi connectivity index (χ0v) is 10.7. The number of nitrogens with zero attached hydrogens (tertiary/aromatic N) is 1. The lowest BCUT2D eigenvalue weighted by Gasteiger charge is -2.20. The summed E-state index contributed by atoms with van der Waals surface area (Å²) in [7, 11) is 2.75. The van der Waals surface area contributed by atoms with Crippen LogP contribution in [-0.4, -0.2) is 29.4 Å². The van der Waals surface area contributed by atoms with E-state index in [9.17, 15) is 0 Å². The van der Waals surface area contributed by atoms with Gasteiger partial charge in [0.2, 0.25) is 0 Å². The van der Waals surface area contributed by atoms with Gasteiger partial charge in [-0.3, -0.25) is 4.44 Å². The maximum Gasteiger partial charge on any atom is 0.115 e. The van der Waals surface area contributed by atoms with Gasteiger partial charge in [-0.1, -0.05) is 21.5 Å². The van der Waals surface area contributed by atoms with Gasteiger partial charge in [-0.2, -0.15) is 0 Å². The van der Waals surface area contributed by atoms with E-state index in [-0.39, 0.29) is 8.07 Å². The van der Waals surface area contributed by atoms with Crippen molar-refractivity contribution in [2.45, 2.75) is 6.42 Å². The molecule has 78 valence electrons. The topological polar surface area (TPSA) is 23.5 Å². The van der Waals surface area contributed by atoms with E-state index in [1.165, 1.54) is 5.56 Å². The van der Waals surface area contributed by atoms with Crippen molar-refractivity contribution >= 4 is 17.5 Å². The maximum atomic E-state index is 9.11. The van der Waals surface area contributed by atoms with Crippen LogP contribution in [0.2, 0.25) is 0 Å². The summed E-state index contributed by atoms with van der Waals surface area (Å²) in [5.41, 5.74) is 1.27. The van der Waals surface area contributed by atoms with Crippen molar-refractivity contribution in [1.29, 1.82) is 0 Å². The zero-order valence-electron chi connectivity index (χ0n) is 8.64. The van der Waals surface area contributed by atoms with Gasteiger partial charge in [-0.05, 0) is 45.5 Å². The van der Waals surface area contributed by atoms with E-state index in [2.05, 4.69) is 27.2 Å². The average molecular weight is 229 g/mol. The highest BCUT2D eigenvalue weighted by Gasteiger charge is 2.02. The molecular formula is C10H17NOP2. The lowest BCUT2D eigenvalue weighted by Crippen LogP contribution is -2.08. The van der Waals surface area contributed by atoms with Crippen LogP contribution >= 0.6 is 17.5 Å². The van der Waals surface area contributed by atoms with Crippen LogP contribution in [0.5, 0.6) is 5.75 Å². The fraction of sp³-hybridized carbons (Fsp3) is 0.400. The van der Waals surface area contributed by atoms with Gasteiger partial charge in [0.1, 0.15) is 5.75 Å². The molecule has 1 unspecified atom stereocenters. The largest absolute Gasteiger partial charge is 0.508 e. The molecule has 0 aliphatic rings. The molecule has 0 spiro atoms. The minimum atomic E-state index is -0.0172. The first-order chi connectivity index (χ1) is 6.59. The Morgan fingerprint density at radius 2 is 1.86 bits per heavy atom. The summed E-state index contributed by atoms with van der Waals surface area (Å²) in [5, 5.41) is 9.11. The molecule has 1 aromatic rings. The summed E-state index contributed by atoms with van der Waals surface area (Å²) in [5.74, 6) is 0.338. The SMILES string of the molecule is CP(C)N(P)CCc1ccc(O)cc1. The van der Waals surface area contributed by atoms with Gasteiger partial charge >= 0.3 is 0 Å². The quantitative estimate of drug-likeness (QED) is 0.802. The third kappa shape index (κ3) is 3.92. The molecule has 1 rings (SSSR count). The van der Waals surface area contributed by atoms with Crippen LogP contribution in [0.3, 0.4) is 0 Å². The predicted octanol–water partition coefficient (Wildman–Crippen LogP) is 2.68. The summed E-state index contributed by atoms with van der Waals surface area (Å²) in [6.45, 7) is 5.52. The zero-order chi connectivity index (χ0) is 10.6. The molecule has 1 aromatic carbocycles. The first-order valence-corrected chi connectivity index (χ1v) is 7.27. The van der Waals surface area contributed by atoms with Crippen LogP contribution in [0.1, 0.15) is 5.56 Å². The van der Waals surface area contributed by atoms with Gasteiger partial charge in [-0.25, -0.2) is 0 Å². The molecule has 0 heterocycles. The van der Waals surface area contributed by atoms with Crippen molar-refractivity contribution in [3.63, 3.8) is 0 Å². The normalized spacial score (nSPS) is 11.2. The molecule has 0 bridgehead atoms. The van der Waals surface area contributed by atoms with Crippen molar-refractivity contribution < 1.29 is 5.11 Å². The van der Waals surface area contributed by atoms with Crippen LogP contribution in [0.4, 0.5) is 0 Å². The highest BCUT2D eigenvalue weighted by atomic mass is 31.2. The molecule has 0 fully saturated rings. The first-order valence-electron chi connectivity index (χ1n) is 4.57. The number of aromatic hydroxyl groups is 1. The Kier molecular flexibility index (Phi) is 4.81. The molecule has 0 saturated heterocycles. The van der Waals surface area contributed by atoms with E-state index < -0.39 is 0 Å². The van der Waals surface area contributed by atoms with Gasteiger partial charge in [0, 0.05) is 6.54 Å². The fourth-order valence-electron chi connectivity index (χ4n) is 1.11. The second-order valence-electron chi connectivity index (χ2n) is 3.43. The van der Waals surface area contributed by atoms with Gasteiger partial charge in [0.25, 0.3) is 0 Å². The highest BCUT2D eigenvalue weighted by molar-refractivity contribution is 7.58. The smallest absolute Gasteiger partial charge is 0.115 e. The molecule has 4 heteroatoms. The van der Waals surface area contributed by atoms with Crippen LogP contribution in [0.15, 0.2) is 24.3 Å². The van der Waals surface area contributed by atoms with E-state index in [1.54, 1.807) is 12.1 Å². The Morgan fingerprint density at radius 3 is 2.36 bits per heavy atom. The Bertz CT molecular complexity index is 274. The average Bonchev–Trinajstić information content (AvgIpc) is 2.16. The maximum absolute atomic E-state index is 9.11. The first kappa shape index (κ1) is 11.9. The van der Waals surface area contributed by atoms with Crippen LogP contribution < -0.4 is 0 Å². The van der Waals surface area contributed by atoms with E-state index in [0.29, 0.717) is 5.75 Å². The third-order valence-corrected chi connectivity index (χ3v) is 4.95. The van der Waals surface area contributed by atoms with Crippen molar-refractivity contribution in [2.24, 2.45) is 0 Å². The summed E-state index contributed by atoms with van der Waals surface area (Å²) in [4.78, 5) is 0. The molecule has 1 atom stereocenters. The summed E-state index contributed by atoms with van der Waals surface area (Å²) < 4.78 is 2.29. The molecule has 2 nitrogen and oxygen atoms in total. The number of hydrogen-bond acceptors (Lipinski definition) is 2. The van der Waals surface area contributed by atoms with Crippen LogP contribution in [0, 0.1) is 0 Å². The van der Waals surface area contributed by atoms with Crippen molar-refractivity contribution in [2.75, 3.05) is 19.9 Å². The lowest BCUT2D eigenvalue weighted by molar-refractivity contribution is 0.475. The number of hydrogen-bond donors (Lipinski definition) is 1. The lowest BCUT2D eigenvalue weighted by atomic mass is 10.1. The molecule has 0 amide bonds. The second-order valence-corrected chi connectivity index (χ2v) is 6.69. The van der Waals surface area contributed by atoms with Crippen molar-refractivity contribution in [3.8, 4) is 5.75 Å². The Hall–Kier alpha value is -0.160. The fourth-order valence-corrected chi connectivity index (χ4v) is 1.74. The Labute approximate surface area is 89.4 Å². The van der Waals surface area contributed by atoms with Gasteiger partial charge in [0.15, 0.2) is 0 Å². The molecule has 0 radical (unpaired) electrons. The van der Waals surface area contributed by atoms with E-state index in [0.717, 1.165) is 13.0 Å². The molecular weight excluding hydrogens is 212 g/mol. The number of phenols is 1. The molecule has 1 N–H and O–H groups in total. The number of benzene rings is 1. The standard InChI is InChI=1S/C10H17NOP2/c1-14(2)11(13)8-7-9-3-5-10(12)6-4-9/h3-6,12H,7-8,13H2,1-2H3. The number of phenolic OH excluding ortho intramolecular Hbond substituents is 1. The number of rotatable bonds is 4. The van der Waals surface area contributed by atoms with E-state index in [1.807, 2.05) is 12.1 Å². The van der Waals surface area contributed by atoms with E-state index in [4.69, 9.17) is 5.11 Å². The molecule has 0 aliphatic carbocycles. The van der Waals surface area contributed by atoms with Gasteiger partial charge in [0.05, 0.1) is 0 Å². The molecule has 14 heavy (non-hydrogen) atoms. The Balaban J connectivity index is 2.42. The van der Waals surface area contributed by atoms with Crippen molar-refractivity contribution in [3.05, 3.63) is 29.8 Å². The minimum absolute atomic E-state index is 0.0172. The summed E-state index contributed by atoms with van der Waals surface area (Å²) >= 11 is 0. The van der Waals surface area contributed by atoms with Crippen LogP contribution in [0.25, 0.3) is 0 Å². The summed E-state index contributed by atoms with van der Waals surface area (Å²) in [6, 6.07) is 7.43. The third-order valence-electron chi connectivity index (χ3n) is 2.08. The highest BCUT2D eigenvalue weighted by Crippen LogP contribution is 2.34. The monoisotopic (exact) mass is 229 g/mol. The molecule has 0 aliphatic heterocycles. The van der Waals surface area contributed by atoms with E-state index >= 15 is 0 Å². The van der Waals surface area contributed by atoms with Crippen molar-refractivity contribution in [1.82, 2.24) is 4.44 Å². The predicted molar refractivity (Wildman–Crippen MR) is 67.0 cm³/mol.